The number of aromatic nitrogens is 2. The molecule has 2 N–H and O–H groups in total. The molecule has 0 aromatic carbocycles. The van der Waals surface area contributed by atoms with Gasteiger partial charge < -0.3 is 5.73 Å². The summed E-state index contributed by atoms with van der Waals surface area (Å²) in [5.41, 5.74) is 8.21. The lowest BCUT2D eigenvalue weighted by Gasteiger charge is -2.37. The van der Waals surface area contributed by atoms with E-state index in [1.165, 1.54) is 10.6 Å². The first kappa shape index (κ1) is 16.4. The van der Waals surface area contributed by atoms with Crippen molar-refractivity contribution in [3.63, 3.8) is 0 Å². The van der Waals surface area contributed by atoms with Crippen LogP contribution in [0.5, 0.6) is 0 Å². The summed E-state index contributed by atoms with van der Waals surface area (Å²) >= 11 is 0. The molecular weight excluding hydrogens is 290 g/mol. The molecule has 1 aliphatic heterocycles. The lowest BCUT2D eigenvalue weighted by atomic mass is 10.0. The van der Waals surface area contributed by atoms with Crippen LogP contribution in [0.2, 0.25) is 0 Å². The van der Waals surface area contributed by atoms with Crippen molar-refractivity contribution in [3.8, 4) is 0 Å². The van der Waals surface area contributed by atoms with Crippen molar-refractivity contribution in [2.75, 3.05) is 39.0 Å². The van der Waals surface area contributed by atoms with Gasteiger partial charge in [-0.15, -0.1) is 0 Å². The third-order valence-corrected chi connectivity index (χ3v) is 5.34. The molecule has 0 amide bonds. The standard InChI is InChI=1S/C13H25N5O2S/c1-4-12-11(10-16(2)15-12)13(9-14)17-5-7-18(8-6-17)21(3,19)20/h10,13H,4-9,14H2,1-3H3. The number of hydrogen-bond donors (Lipinski definition) is 1. The van der Waals surface area contributed by atoms with Crippen LogP contribution in [0.3, 0.4) is 0 Å². The van der Waals surface area contributed by atoms with Gasteiger partial charge >= 0.3 is 0 Å². The fourth-order valence-electron chi connectivity index (χ4n) is 2.93. The van der Waals surface area contributed by atoms with Crippen molar-refractivity contribution in [2.45, 2.75) is 19.4 Å². The molecule has 1 aromatic heterocycles. The van der Waals surface area contributed by atoms with Gasteiger partial charge in [-0.05, 0) is 6.42 Å². The maximum atomic E-state index is 11.6. The second kappa shape index (κ2) is 6.43. The SMILES string of the molecule is CCc1nn(C)cc1C(CN)N1CCN(S(C)(=O)=O)CC1. The smallest absolute Gasteiger partial charge is 0.211 e. The Hall–Kier alpha value is -0.960. The molecule has 7 nitrogen and oxygen atoms in total. The van der Waals surface area contributed by atoms with Gasteiger partial charge in [0, 0.05) is 51.5 Å². The summed E-state index contributed by atoms with van der Waals surface area (Å²) in [5, 5.41) is 4.48. The van der Waals surface area contributed by atoms with Gasteiger partial charge in [0.1, 0.15) is 0 Å². The first-order valence-corrected chi connectivity index (χ1v) is 9.13. The normalized spacial score (nSPS) is 19.8. The van der Waals surface area contributed by atoms with Crippen molar-refractivity contribution < 1.29 is 8.42 Å². The largest absolute Gasteiger partial charge is 0.329 e. The van der Waals surface area contributed by atoms with Crippen LogP contribution >= 0.6 is 0 Å². The van der Waals surface area contributed by atoms with E-state index in [0.29, 0.717) is 32.7 Å². The van der Waals surface area contributed by atoms with Gasteiger partial charge in [-0.3, -0.25) is 9.58 Å². The van der Waals surface area contributed by atoms with E-state index in [4.69, 9.17) is 5.73 Å². The fourth-order valence-corrected chi connectivity index (χ4v) is 3.75. The van der Waals surface area contributed by atoms with Crippen LogP contribution in [0.4, 0.5) is 0 Å². The summed E-state index contributed by atoms with van der Waals surface area (Å²) in [5.74, 6) is 0. The van der Waals surface area contributed by atoms with E-state index in [1.807, 2.05) is 17.9 Å². The zero-order valence-electron chi connectivity index (χ0n) is 13.0. The van der Waals surface area contributed by atoms with Crippen LogP contribution in [0.15, 0.2) is 6.20 Å². The van der Waals surface area contributed by atoms with Crippen LogP contribution in [0.1, 0.15) is 24.2 Å². The highest BCUT2D eigenvalue weighted by molar-refractivity contribution is 7.88. The molecule has 0 radical (unpaired) electrons. The molecule has 1 aromatic rings. The number of nitrogens with zero attached hydrogens (tertiary/aromatic N) is 4. The summed E-state index contributed by atoms with van der Waals surface area (Å²) in [6.45, 7) is 5.05. The Morgan fingerprint density at radius 2 is 1.95 bits per heavy atom. The average Bonchev–Trinajstić information content (AvgIpc) is 2.80. The molecular formula is C13H25N5O2S. The Morgan fingerprint density at radius 3 is 2.43 bits per heavy atom. The summed E-state index contributed by atoms with van der Waals surface area (Å²) in [6, 6.07) is 0.107. The molecule has 120 valence electrons. The third-order valence-electron chi connectivity index (χ3n) is 4.04. The van der Waals surface area contributed by atoms with E-state index in [9.17, 15) is 8.42 Å². The minimum absolute atomic E-state index is 0.107. The van der Waals surface area contributed by atoms with E-state index in [-0.39, 0.29) is 6.04 Å². The highest BCUT2D eigenvalue weighted by Crippen LogP contribution is 2.24. The maximum absolute atomic E-state index is 11.6. The predicted molar refractivity (Wildman–Crippen MR) is 82.4 cm³/mol. The summed E-state index contributed by atoms with van der Waals surface area (Å²) in [6.07, 6.45) is 4.16. The van der Waals surface area contributed by atoms with Gasteiger partial charge in [-0.25, -0.2) is 8.42 Å². The molecule has 21 heavy (non-hydrogen) atoms. The average molecular weight is 315 g/mol. The molecule has 8 heteroatoms. The Bertz CT molecular complexity index is 575. The first-order chi connectivity index (χ1) is 9.86. The molecule has 0 bridgehead atoms. The van der Waals surface area contributed by atoms with Crippen LogP contribution in [0.25, 0.3) is 0 Å². The molecule has 1 saturated heterocycles. The number of hydrogen-bond acceptors (Lipinski definition) is 5. The van der Waals surface area contributed by atoms with Crippen LogP contribution in [-0.2, 0) is 23.5 Å². The summed E-state index contributed by atoms with van der Waals surface area (Å²) in [4.78, 5) is 2.26. The highest BCUT2D eigenvalue weighted by Gasteiger charge is 2.29. The number of piperazine rings is 1. The molecule has 0 spiro atoms. The number of nitrogens with two attached hydrogens (primary N) is 1. The number of sulfonamides is 1. The monoisotopic (exact) mass is 315 g/mol. The predicted octanol–water partition coefficient (Wildman–Crippen LogP) is -0.440. The quantitative estimate of drug-likeness (QED) is 0.796. The van der Waals surface area contributed by atoms with Crippen LogP contribution < -0.4 is 5.73 Å². The molecule has 0 saturated carbocycles. The van der Waals surface area contributed by atoms with Crippen molar-refractivity contribution in [1.82, 2.24) is 19.0 Å². The molecule has 2 heterocycles. The minimum Gasteiger partial charge on any atom is -0.329 e. The first-order valence-electron chi connectivity index (χ1n) is 7.28. The number of rotatable bonds is 5. The zero-order chi connectivity index (χ0) is 15.6. The molecule has 0 aliphatic carbocycles. The second-order valence-corrected chi connectivity index (χ2v) is 7.49. The van der Waals surface area contributed by atoms with E-state index in [2.05, 4.69) is 16.9 Å². The lowest BCUT2D eigenvalue weighted by molar-refractivity contribution is 0.140. The summed E-state index contributed by atoms with van der Waals surface area (Å²) in [7, 11) is -1.18. The van der Waals surface area contributed by atoms with Crippen molar-refractivity contribution in [2.24, 2.45) is 12.8 Å². The number of aryl methyl sites for hydroxylation is 2. The van der Waals surface area contributed by atoms with Gasteiger partial charge in [-0.2, -0.15) is 9.40 Å². The van der Waals surface area contributed by atoms with E-state index in [0.717, 1.165) is 17.7 Å². The van der Waals surface area contributed by atoms with E-state index in [1.54, 1.807) is 0 Å². The molecule has 1 unspecified atom stereocenters. The lowest BCUT2D eigenvalue weighted by Crippen LogP contribution is -2.50. The van der Waals surface area contributed by atoms with Gasteiger partial charge in [0.2, 0.25) is 10.0 Å². The van der Waals surface area contributed by atoms with Gasteiger partial charge in [0.25, 0.3) is 0 Å². The highest BCUT2D eigenvalue weighted by atomic mass is 32.2. The molecule has 1 fully saturated rings. The Morgan fingerprint density at radius 1 is 1.33 bits per heavy atom. The van der Waals surface area contributed by atoms with Crippen molar-refractivity contribution in [1.29, 1.82) is 0 Å². The van der Waals surface area contributed by atoms with Crippen molar-refractivity contribution >= 4 is 10.0 Å². The van der Waals surface area contributed by atoms with Crippen LogP contribution in [-0.4, -0.2) is 66.4 Å². The third kappa shape index (κ3) is 3.63. The second-order valence-electron chi connectivity index (χ2n) is 5.51. The maximum Gasteiger partial charge on any atom is 0.211 e. The zero-order valence-corrected chi connectivity index (χ0v) is 13.8. The summed E-state index contributed by atoms with van der Waals surface area (Å²) < 4.78 is 26.5. The Kier molecular flexibility index (Phi) is 5.03. The minimum atomic E-state index is -3.10. The van der Waals surface area contributed by atoms with Gasteiger partial charge in [-0.1, -0.05) is 6.92 Å². The van der Waals surface area contributed by atoms with Crippen molar-refractivity contribution in [3.05, 3.63) is 17.5 Å². The Balaban J connectivity index is 2.13. The molecule has 2 rings (SSSR count). The topological polar surface area (TPSA) is 84.5 Å². The van der Waals surface area contributed by atoms with Crippen LogP contribution in [0, 0.1) is 0 Å². The van der Waals surface area contributed by atoms with Gasteiger partial charge in [0.15, 0.2) is 0 Å². The molecule has 1 aliphatic rings. The van der Waals surface area contributed by atoms with Gasteiger partial charge in [0.05, 0.1) is 18.0 Å². The Labute approximate surface area is 126 Å². The molecule has 1 atom stereocenters. The van der Waals surface area contributed by atoms with E-state index >= 15 is 0 Å². The van der Waals surface area contributed by atoms with E-state index < -0.39 is 10.0 Å². The fraction of sp³-hybridized carbons (Fsp3) is 0.769.